The quantitative estimate of drug-likeness (QED) is 0.837. The molecule has 1 aromatic heterocycles. The number of aromatic nitrogens is 1. The first-order chi connectivity index (χ1) is 6.70. The average molecular weight is 277 g/mol. The standard InChI is InChI=1S/C9H13BrN2OS/c1-14(13)6-2-4-12-9-3-5-11-7-8(9)10/h3,5,7H,2,4,6H2,1H3,(H,11,12). The van der Waals surface area contributed by atoms with Gasteiger partial charge in [-0.05, 0) is 28.4 Å². The van der Waals surface area contributed by atoms with Crippen LogP contribution in [0.4, 0.5) is 5.69 Å². The highest BCUT2D eigenvalue weighted by Gasteiger charge is 1.97. The van der Waals surface area contributed by atoms with Crippen LogP contribution in [0, 0.1) is 0 Å². The fourth-order valence-corrected chi connectivity index (χ4v) is 1.96. The minimum absolute atomic E-state index is 0.693. The first-order valence-electron chi connectivity index (χ1n) is 4.33. The molecule has 0 aliphatic heterocycles. The number of hydrogen-bond acceptors (Lipinski definition) is 3. The Hall–Kier alpha value is -0.420. The van der Waals surface area contributed by atoms with Gasteiger partial charge in [-0.15, -0.1) is 0 Å². The minimum atomic E-state index is -0.693. The average Bonchev–Trinajstić information content (AvgIpc) is 2.15. The molecule has 0 bridgehead atoms. The lowest BCUT2D eigenvalue weighted by Crippen LogP contribution is -2.06. The molecule has 1 N–H and O–H groups in total. The molecule has 14 heavy (non-hydrogen) atoms. The summed E-state index contributed by atoms with van der Waals surface area (Å²) >= 11 is 3.39. The lowest BCUT2D eigenvalue weighted by Gasteiger charge is -2.06. The molecule has 1 heterocycles. The largest absolute Gasteiger partial charge is 0.384 e. The molecule has 1 rings (SSSR count). The number of hydrogen-bond donors (Lipinski definition) is 1. The van der Waals surface area contributed by atoms with Crippen molar-refractivity contribution in [3.05, 3.63) is 22.9 Å². The van der Waals surface area contributed by atoms with E-state index in [2.05, 4.69) is 26.2 Å². The van der Waals surface area contributed by atoms with E-state index in [4.69, 9.17) is 0 Å². The second-order valence-corrected chi connectivity index (χ2v) is 5.32. The van der Waals surface area contributed by atoms with E-state index in [1.54, 1.807) is 18.6 Å². The summed E-state index contributed by atoms with van der Waals surface area (Å²) in [5.74, 6) is 0.746. The highest BCUT2D eigenvalue weighted by Crippen LogP contribution is 2.19. The second kappa shape index (κ2) is 6.14. The first kappa shape index (κ1) is 11.7. The summed E-state index contributed by atoms with van der Waals surface area (Å²) in [6, 6.07) is 1.91. The normalized spacial score (nSPS) is 12.4. The van der Waals surface area contributed by atoms with Crippen molar-refractivity contribution < 1.29 is 4.21 Å². The third-order valence-electron chi connectivity index (χ3n) is 1.70. The highest BCUT2D eigenvalue weighted by molar-refractivity contribution is 9.10. The van der Waals surface area contributed by atoms with E-state index in [1.165, 1.54) is 0 Å². The van der Waals surface area contributed by atoms with Crippen LogP contribution in [0.1, 0.15) is 6.42 Å². The van der Waals surface area contributed by atoms with Crippen LogP contribution >= 0.6 is 15.9 Å². The first-order valence-corrected chi connectivity index (χ1v) is 6.85. The van der Waals surface area contributed by atoms with E-state index >= 15 is 0 Å². The van der Waals surface area contributed by atoms with Gasteiger partial charge in [0.05, 0.1) is 10.2 Å². The van der Waals surface area contributed by atoms with Crippen LogP contribution in [0.2, 0.25) is 0 Å². The third-order valence-corrected chi connectivity index (χ3v) is 3.19. The minimum Gasteiger partial charge on any atom is -0.384 e. The number of nitrogens with zero attached hydrogens (tertiary/aromatic N) is 1. The van der Waals surface area contributed by atoms with Gasteiger partial charge in [0, 0.05) is 41.7 Å². The zero-order chi connectivity index (χ0) is 10.4. The fraction of sp³-hybridized carbons (Fsp3) is 0.444. The van der Waals surface area contributed by atoms with Crippen molar-refractivity contribution in [2.75, 3.05) is 23.9 Å². The highest BCUT2D eigenvalue weighted by atomic mass is 79.9. The number of halogens is 1. The van der Waals surface area contributed by atoms with Crippen LogP contribution < -0.4 is 5.32 Å². The van der Waals surface area contributed by atoms with Crippen LogP contribution in [-0.4, -0.2) is 27.7 Å². The molecular formula is C9H13BrN2OS. The molecule has 0 saturated carbocycles. The number of pyridine rings is 1. The molecule has 0 saturated heterocycles. The van der Waals surface area contributed by atoms with Gasteiger partial charge in [-0.3, -0.25) is 9.19 Å². The molecule has 0 amide bonds. The zero-order valence-corrected chi connectivity index (χ0v) is 10.4. The Morgan fingerprint density at radius 1 is 1.64 bits per heavy atom. The van der Waals surface area contributed by atoms with Crippen LogP contribution in [0.3, 0.4) is 0 Å². The maximum Gasteiger partial charge on any atom is 0.0590 e. The maximum atomic E-state index is 10.8. The van der Waals surface area contributed by atoms with Crippen molar-refractivity contribution in [3.8, 4) is 0 Å². The summed E-state index contributed by atoms with van der Waals surface area (Å²) in [7, 11) is -0.693. The van der Waals surface area contributed by atoms with Crippen LogP contribution in [-0.2, 0) is 10.8 Å². The summed E-state index contributed by atoms with van der Waals surface area (Å²) in [6.07, 6.45) is 6.13. The number of anilines is 1. The molecule has 0 aliphatic rings. The molecular weight excluding hydrogens is 264 g/mol. The predicted octanol–water partition coefficient (Wildman–Crippen LogP) is 2.02. The van der Waals surface area contributed by atoms with Crippen LogP contribution in [0.5, 0.6) is 0 Å². The third kappa shape index (κ3) is 4.19. The Labute approximate surface area is 94.9 Å². The lowest BCUT2D eigenvalue weighted by atomic mass is 10.4. The van der Waals surface area contributed by atoms with Gasteiger partial charge in [-0.2, -0.15) is 0 Å². The van der Waals surface area contributed by atoms with E-state index in [0.29, 0.717) is 0 Å². The van der Waals surface area contributed by atoms with Gasteiger partial charge in [0.25, 0.3) is 0 Å². The van der Waals surface area contributed by atoms with E-state index in [-0.39, 0.29) is 0 Å². The van der Waals surface area contributed by atoms with Gasteiger partial charge >= 0.3 is 0 Å². The monoisotopic (exact) mass is 276 g/mol. The lowest BCUT2D eigenvalue weighted by molar-refractivity contribution is 0.685. The summed E-state index contributed by atoms with van der Waals surface area (Å²) in [5.41, 5.74) is 1.03. The van der Waals surface area contributed by atoms with Crippen LogP contribution in [0.15, 0.2) is 22.9 Å². The molecule has 5 heteroatoms. The molecule has 0 spiro atoms. The summed E-state index contributed by atoms with van der Waals surface area (Å²) in [6.45, 7) is 0.836. The summed E-state index contributed by atoms with van der Waals surface area (Å²) in [5, 5.41) is 3.25. The van der Waals surface area contributed by atoms with Crippen molar-refractivity contribution in [3.63, 3.8) is 0 Å². The van der Waals surface area contributed by atoms with Crippen molar-refractivity contribution >= 4 is 32.4 Å². The predicted molar refractivity (Wildman–Crippen MR) is 64.0 cm³/mol. The van der Waals surface area contributed by atoms with E-state index in [1.807, 2.05) is 6.07 Å². The van der Waals surface area contributed by atoms with Gasteiger partial charge in [-0.25, -0.2) is 0 Å². The Kier molecular flexibility index (Phi) is 5.11. The van der Waals surface area contributed by atoms with Gasteiger partial charge < -0.3 is 5.32 Å². The van der Waals surface area contributed by atoms with Crippen molar-refractivity contribution in [2.24, 2.45) is 0 Å². The summed E-state index contributed by atoms with van der Waals surface area (Å²) in [4.78, 5) is 3.97. The van der Waals surface area contributed by atoms with E-state index in [9.17, 15) is 4.21 Å². The number of rotatable bonds is 5. The van der Waals surface area contributed by atoms with Gasteiger partial charge in [0.1, 0.15) is 0 Å². The Balaban J connectivity index is 2.31. The Bertz CT molecular complexity index is 319. The Morgan fingerprint density at radius 2 is 2.43 bits per heavy atom. The second-order valence-electron chi connectivity index (χ2n) is 2.91. The molecule has 0 aromatic carbocycles. The van der Waals surface area contributed by atoms with Gasteiger partial charge in [0.2, 0.25) is 0 Å². The molecule has 0 radical (unpaired) electrons. The molecule has 78 valence electrons. The topological polar surface area (TPSA) is 42.0 Å². The SMILES string of the molecule is CS(=O)CCCNc1ccncc1Br. The van der Waals surface area contributed by atoms with Crippen molar-refractivity contribution in [1.29, 1.82) is 0 Å². The van der Waals surface area contributed by atoms with Crippen LogP contribution in [0.25, 0.3) is 0 Å². The van der Waals surface area contributed by atoms with E-state index < -0.39 is 10.8 Å². The molecule has 3 nitrogen and oxygen atoms in total. The molecule has 1 aromatic rings. The van der Waals surface area contributed by atoms with Gasteiger partial charge in [0.15, 0.2) is 0 Å². The number of nitrogens with one attached hydrogen (secondary N) is 1. The molecule has 0 aliphatic carbocycles. The molecule has 0 fully saturated rings. The zero-order valence-electron chi connectivity index (χ0n) is 8.00. The summed E-state index contributed by atoms with van der Waals surface area (Å²) < 4.78 is 11.7. The van der Waals surface area contributed by atoms with Crippen molar-refractivity contribution in [2.45, 2.75) is 6.42 Å². The smallest absolute Gasteiger partial charge is 0.0590 e. The molecule has 1 unspecified atom stereocenters. The van der Waals surface area contributed by atoms with E-state index in [0.717, 1.165) is 28.9 Å². The van der Waals surface area contributed by atoms with Gasteiger partial charge in [-0.1, -0.05) is 0 Å². The Morgan fingerprint density at radius 3 is 3.07 bits per heavy atom. The van der Waals surface area contributed by atoms with Crippen molar-refractivity contribution in [1.82, 2.24) is 4.98 Å². The maximum absolute atomic E-state index is 10.8. The molecule has 1 atom stereocenters. The fourth-order valence-electron chi connectivity index (χ4n) is 1.02.